The van der Waals surface area contributed by atoms with E-state index < -0.39 is 0 Å². The van der Waals surface area contributed by atoms with Gasteiger partial charge in [-0.25, -0.2) is 0 Å². The maximum atomic E-state index is 6.05. The molecule has 0 aliphatic heterocycles. The van der Waals surface area contributed by atoms with Gasteiger partial charge in [0.15, 0.2) is 0 Å². The average Bonchev–Trinajstić information content (AvgIpc) is 2.97. The van der Waals surface area contributed by atoms with E-state index in [0.29, 0.717) is 12.1 Å². The van der Waals surface area contributed by atoms with Gasteiger partial charge in [0.25, 0.3) is 0 Å². The van der Waals surface area contributed by atoms with Gasteiger partial charge in [-0.05, 0) is 68.8 Å². The van der Waals surface area contributed by atoms with Crippen molar-refractivity contribution in [2.24, 2.45) is 0 Å². The Morgan fingerprint density at radius 2 is 2.00 bits per heavy atom. The number of hydrogen-bond acceptors (Lipinski definition) is 2. The minimum Gasteiger partial charge on any atom is -0.490 e. The van der Waals surface area contributed by atoms with Crippen molar-refractivity contribution in [3.05, 3.63) is 29.3 Å². The van der Waals surface area contributed by atoms with Gasteiger partial charge in [0.1, 0.15) is 5.75 Å². The van der Waals surface area contributed by atoms with Crippen LogP contribution in [0.5, 0.6) is 5.75 Å². The average molecular weight is 231 g/mol. The van der Waals surface area contributed by atoms with E-state index in [4.69, 9.17) is 4.74 Å². The van der Waals surface area contributed by atoms with Crippen LogP contribution in [0, 0.1) is 0 Å². The highest BCUT2D eigenvalue weighted by atomic mass is 16.5. The van der Waals surface area contributed by atoms with E-state index in [0.717, 1.165) is 5.75 Å². The molecule has 0 heterocycles. The molecule has 1 aromatic rings. The van der Waals surface area contributed by atoms with E-state index in [1.165, 1.54) is 49.7 Å². The van der Waals surface area contributed by atoms with E-state index in [1.54, 1.807) is 0 Å². The third-order valence-electron chi connectivity index (χ3n) is 4.15. The van der Waals surface area contributed by atoms with Crippen molar-refractivity contribution >= 4 is 0 Å². The second kappa shape index (κ2) is 4.69. The molecule has 0 spiro atoms. The smallest absolute Gasteiger partial charge is 0.120 e. The highest BCUT2D eigenvalue weighted by molar-refractivity contribution is 5.40. The molecule has 2 aliphatic carbocycles. The zero-order valence-corrected chi connectivity index (χ0v) is 10.5. The molecule has 3 rings (SSSR count). The molecule has 2 heteroatoms. The molecule has 0 saturated heterocycles. The van der Waals surface area contributed by atoms with Crippen LogP contribution >= 0.6 is 0 Å². The van der Waals surface area contributed by atoms with E-state index in [2.05, 4.69) is 23.5 Å². The molecule has 17 heavy (non-hydrogen) atoms. The maximum Gasteiger partial charge on any atom is 0.120 e. The van der Waals surface area contributed by atoms with E-state index in [9.17, 15) is 0 Å². The van der Waals surface area contributed by atoms with Gasteiger partial charge >= 0.3 is 0 Å². The Labute approximate surface area is 103 Å². The third kappa shape index (κ3) is 2.19. The first-order valence-corrected chi connectivity index (χ1v) is 6.83. The van der Waals surface area contributed by atoms with Crippen LogP contribution in [-0.4, -0.2) is 13.2 Å². The molecule has 1 fully saturated rings. The fourth-order valence-corrected chi connectivity index (χ4v) is 3.17. The quantitative estimate of drug-likeness (QED) is 0.862. The lowest BCUT2D eigenvalue weighted by Crippen LogP contribution is -2.13. The Kier molecular flexibility index (Phi) is 3.06. The summed E-state index contributed by atoms with van der Waals surface area (Å²) in [5.41, 5.74) is 2.94. The van der Waals surface area contributed by atoms with Gasteiger partial charge in [-0.2, -0.15) is 0 Å². The highest BCUT2D eigenvalue weighted by Crippen LogP contribution is 2.34. The molecule has 0 aromatic heterocycles. The Morgan fingerprint density at radius 1 is 1.18 bits per heavy atom. The lowest BCUT2D eigenvalue weighted by Gasteiger charge is -2.15. The largest absolute Gasteiger partial charge is 0.490 e. The van der Waals surface area contributed by atoms with Gasteiger partial charge in [-0.3, -0.25) is 0 Å². The van der Waals surface area contributed by atoms with Crippen LogP contribution in [0.2, 0.25) is 0 Å². The minimum absolute atomic E-state index is 0.467. The molecule has 92 valence electrons. The molecule has 2 nitrogen and oxygen atoms in total. The van der Waals surface area contributed by atoms with Crippen molar-refractivity contribution in [2.75, 3.05) is 7.05 Å². The zero-order valence-electron chi connectivity index (χ0n) is 10.5. The first-order valence-electron chi connectivity index (χ1n) is 6.83. The van der Waals surface area contributed by atoms with Crippen molar-refractivity contribution in [2.45, 2.75) is 50.7 Å². The number of aryl methyl sites for hydroxylation is 1. The van der Waals surface area contributed by atoms with Crippen LogP contribution in [0.3, 0.4) is 0 Å². The monoisotopic (exact) mass is 231 g/mol. The summed E-state index contributed by atoms with van der Waals surface area (Å²) in [6, 6.07) is 7.19. The molecule has 2 aliphatic rings. The van der Waals surface area contributed by atoms with Crippen molar-refractivity contribution in [3.63, 3.8) is 0 Å². The van der Waals surface area contributed by atoms with Crippen molar-refractivity contribution in [3.8, 4) is 5.75 Å². The first-order chi connectivity index (χ1) is 8.36. The number of rotatable bonds is 3. The van der Waals surface area contributed by atoms with Crippen LogP contribution in [0.15, 0.2) is 18.2 Å². The lowest BCUT2D eigenvalue weighted by molar-refractivity contribution is 0.210. The predicted molar refractivity (Wildman–Crippen MR) is 69.4 cm³/mol. The fraction of sp³-hybridized carbons (Fsp3) is 0.600. The number of ether oxygens (including phenoxy) is 1. The van der Waals surface area contributed by atoms with Crippen molar-refractivity contribution in [1.29, 1.82) is 0 Å². The molecule has 1 saturated carbocycles. The number of fused-ring (bicyclic) bond motifs is 1. The van der Waals surface area contributed by atoms with E-state index in [1.807, 2.05) is 7.05 Å². The second-order valence-corrected chi connectivity index (χ2v) is 5.26. The Balaban J connectivity index is 1.75. The normalized spacial score (nSPS) is 23.9. The number of benzene rings is 1. The molecule has 0 radical (unpaired) electrons. The van der Waals surface area contributed by atoms with Crippen LogP contribution in [0.4, 0.5) is 0 Å². The van der Waals surface area contributed by atoms with Gasteiger partial charge in [0.05, 0.1) is 6.10 Å². The summed E-state index contributed by atoms with van der Waals surface area (Å²) in [7, 11) is 2.04. The summed E-state index contributed by atoms with van der Waals surface area (Å²) in [4.78, 5) is 0. The Bertz CT molecular complexity index is 396. The predicted octanol–water partition coefficient (Wildman–Crippen LogP) is 3.21. The molecule has 0 bridgehead atoms. The van der Waals surface area contributed by atoms with E-state index >= 15 is 0 Å². The number of hydrogen-bond donors (Lipinski definition) is 1. The third-order valence-corrected chi connectivity index (χ3v) is 4.15. The molecular formula is C15H21NO. The summed E-state index contributed by atoms with van der Waals surface area (Å²) in [5.74, 6) is 1.08. The molecule has 1 aromatic carbocycles. The van der Waals surface area contributed by atoms with Gasteiger partial charge < -0.3 is 10.1 Å². The van der Waals surface area contributed by atoms with Gasteiger partial charge in [0, 0.05) is 6.04 Å². The van der Waals surface area contributed by atoms with Gasteiger partial charge in [-0.15, -0.1) is 0 Å². The van der Waals surface area contributed by atoms with Crippen LogP contribution in [-0.2, 0) is 6.42 Å². The minimum atomic E-state index is 0.467. The zero-order chi connectivity index (χ0) is 11.7. The van der Waals surface area contributed by atoms with Crippen LogP contribution < -0.4 is 10.1 Å². The fourth-order valence-electron chi connectivity index (χ4n) is 3.17. The van der Waals surface area contributed by atoms with Gasteiger partial charge in [0.2, 0.25) is 0 Å². The first kappa shape index (κ1) is 11.1. The Morgan fingerprint density at radius 3 is 2.76 bits per heavy atom. The molecule has 0 amide bonds. The lowest BCUT2D eigenvalue weighted by atomic mass is 10.1. The highest BCUT2D eigenvalue weighted by Gasteiger charge is 2.22. The Hall–Kier alpha value is -1.02. The summed E-state index contributed by atoms with van der Waals surface area (Å²) in [5, 5.41) is 3.37. The molecule has 1 atom stereocenters. The maximum absolute atomic E-state index is 6.05. The molecule has 1 N–H and O–H groups in total. The van der Waals surface area contributed by atoms with Crippen molar-refractivity contribution in [1.82, 2.24) is 5.32 Å². The topological polar surface area (TPSA) is 21.3 Å². The molecule has 1 unspecified atom stereocenters. The van der Waals surface area contributed by atoms with Crippen LogP contribution in [0.25, 0.3) is 0 Å². The SMILES string of the molecule is CNC1CCc2cc(OC3CCCC3)ccc21. The van der Waals surface area contributed by atoms with Crippen LogP contribution in [0.1, 0.15) is 49.3 Å². The van der Waals surface area contributed by atoms with E-state index in [-0.39, 0.29) is 0 Å². The number of nitrogens with one attached hydrogen (secondary N) is 1. The van der Waals surface area contributed by atoms with Crippen molar-refractivity contribution < 1.29 is 4.74 Å². The summed E-state index contributed by atoms with van der Waals surface area (Å²) >= 11 is 0. The van der Waals surface area contributed by atoms with Gasteiger partial charge in [-0.1, -0.05) is 6.07 Å². The summed E-state index contributed by atoms with van der Waals surface area (Å²) in [6.07, 6.45) is 8.00. The molecular weight excluding hydrogens is 210 g/mol. The summed E-state index contributed by atoms with van der Waals surface area (Å²) in [6.45, 7) is 0. The summed E-state index contributed by atoms with van der Waals surface area (Å²) < 4.78 is 6.05. The standard InChI is InChI=1S/C15H21NO/c1-16-15-9-6-11-10-13(7-8-14(11)15)17-12-4-2-3-5-12/h7-8,10,12,15-16H,2-6,9H2,1H3. The second-order valence-electron chi connectivity index (χ2n) is 5.26.